The molecular weight excluding hydrogens is 418 g/mol. The van der Waals surface area contributed by atoms with Crippen molar-refractivity contribution in [2.24, 2.45) is 0 Å². The minimum atomic E-state index is -0.270. The maximum atomic E-state index is 12.9. The highest BCUT2D eigenvalue weighted by Gasteiger charge is 2.27. The molecule has 1 saturated heterocycles. The Balaban J connectivity index is 1.34. The summed E-state index contributed by atoms with van der Waals surface area (Å²) in [7, 11) is 0. The first-order chi connectivity index (χ1) is 15.6. The van der Waals surface area contributed by atoms with Crippen molar-refractivity contribution in [3.8, 4) is 11.8 Å². The van der Waals surface area contributed by atoms with Crippen molar-refractivity contribution >= 4 is 17.7 Å². The zero-order valence-corrected chi connectivity index (χ0v) is 19.3. The molecule has 1 unspecified atom stereocenters. The minimum Gasteiger partial charge on any atom is -0.339 e. The second kappa shape index (κ2) is 10.0. The molecule has 0 bridgehead atoms. The third-order valence-electron chi connectivity index (χ3n) is 5.83. The van der Waals surface area contributed by atoms with Crippen molar-refractivity contribution in [3.05, 3.63) is 77.6 Å². The number of aryl methyl sites for hydroxylation is 2. The molecule has 6 nitrogen and oxygen atoms in total. The molecule has 1 aliphatic heterocycles. The maximum absolute atomic E-state index is 12.9. The van der Waals surface area contributed by atoms with Gasteiger partial charge in [-0.25, -0.2) is 4.98 Å². The first-order valence-corrected chi connectivity index (χ1v) is 11.8. The van der Waals surface area contributed by atoms with Gasteiger partial charge in [0.1, 0.15) is 6.04 Å². The van der Waals surface area contributed by atoms with Gasteiger partial charge in [0, 0.05) is 38.6 Å². The predicted molar refractivity (Wildman–Crippen MR) is 127 cm³/mol. The molecule has 0 saturated carbocycles. The Bertz CT molecular complexity index is 1110. The molecule has 0 radical (unpaired) electrons. The third kappa shape index (κ3) is 4.87. The highest BCUT2D eigenvalue weighted by atomic mass is 32.2. The number of thioether (sulfide) groups is 1. The largest absolute Gasteiger partial charge is 0.339 e. The van der Waals surface area contributed by atoms with Crippen molar-refractivity contribution in [2.45, 2.75) is 25.0 Å². The molecule has 32 heavy (non-hydrogen) atoms. The molecule has 1 amide bonds. The van der Waals surface area contributed by atoms with E-state index in [0.717, 1.165) is 16.4 Å². The van der Waals surface area contributed by atoms with E-state index in [2.05, 4.69) is 52.6 Å². The van der Waals surface area contributed by atoms with Crippen molar-refractivity contribution < 1.29 is 4.79 Å². The zero-order valence-electron chi connectivity index (χ0n) is 18.4. The molecular formula is C25H27N5OS. The fourth-order valence-corrected chi connectivity index (χ4v) is 4.88. The average molecular weight is 446 g/mol. The standard InChI is InChI=1S/C25H27N5OS/c1-19-8-9-20(2)22(16-19)30-11-10-27-25(30)32-18-24(31)29-14-12-28(13-15-29)23(17-26)21-6-4-3-5-7-21/h3-11,16,23H,12-15,18H2,1-2H3. The van der Waals surface area contributed by atoms with Gasteiger partial charge >= 0.3 is 0 Å². The summed E-state index contributed by atoms with van der Waals surface area (Å²) in [6.45, 7) is 6.81. The van der Waals surface area contributed by atoms with E-state index in [-0.39, 0.29) is 11.9 Å². The van der Waals surface area contributed by atoms with E-state index < -0.39 is 0 Å². The lowest BCUT2D eigenvalue weighted by molar-refractivity contribution is -0.130. The number of hydrogen-bond donors (Lipinski definition) is 0. The number of carbonyl (C=O) groups excluding carboxylic acids is 1. The summed E-state index contributed by atoms with van der Waals surface area (Å²) in [6.07, 6.45) is 3.72. The monoisotopic (exact) mass is 445 g/mol. The van der Waals surface area contributed by atoms with Gasteiger partial charge in [-0.3, -0.25) is 14.3 Å². The number of benzene rings is 2. The van der Waals surface area contributed by atoms with Gasteiger partial charge in [0.2, 0.25) is 5.91 Å². The number of imidazole rings is 1. The molecule has 1 aliphatic rings. The number of piperazine rings is 1. The Morgan fingerprint density at radius 1 is 1.12 bits per heavy atom. The van der Waals surface area contributed by atoms with Crippen LogP contribution in [-0.2, 0) is 4.79 Å². The van der Waals surface area contributed by atoms with Crippen LogP contribution in [0.2, 0.25) is 0 Å². The average Bonchev–Trinajstić information content (AvgIpc) is 3.29. The van der Waals surface area contributed by atoms with Crippen LogP contribution in [0.4, 0.5) is 0 Å². The summed E-state index contributed by atoms with van der Waals surface area (Å²) in [4.78, 5) is 21.4. The maximum Gasteiger partial charge on any atom is 0.233 e. The van der Waals surface area contributed by atoms with E-state index in [1.54, 1.807) is 6.20 Å². The molecule has 3 aromatic rings. The van der Waals surface area contributed by atoms with Crippen LogP contribution in [-0.4, -0.2) is 57.2 Å². The van der Waals surface area contributed by atoms with Crippen molar-refractivity contribution in [1.29, 1.82) is 5.26 Å². The summed E-state index contributed by atoms with van der Waals surface area (Å²) in [5.41, 5.74) is 4.46. The second-order valence-corrected chi connectivity index (χ2v) is 8.96. The quantitative estimate of drug-likeness (QED) is 0.537. The van der Waals surface area contributed by atoms with Crippen molar-refractivity contribution in [2.75, 3.05) is 31.9 Å². The molecule has 1 atom stereocenters. The molecule has 2 heterocycles. The van der Waals surface area contributed by atoms with Gasteiger partial charge in [-0.2, -0.15) is 5.26 Å². The topological polar surface area (TPSA) is 65.2 Å². The van der Waals surface area contributed by atoms with Crippen LogP contribution >= 0.6 is 11.8 Å². The summed E-state index contributed by atoms with van der Waals surface area (Å²) < 4.78 is 2.05. The molecule has 2 aromatic carbocycles. The molecule has 7 heteroatoms. The molecule has 4 rings (SSSR count). The van der Waals surface area contributed by atoms with Crippen LogP contribution in [0.1, 0.15) is 22.7 Å². The van der Waals surface area contributed by atoms with Gasteiger partial charge in [0.25, 0.3) is 0 Å². The number of carbonyl (C=O) groups is 1. The lowest BCUT2D eigenvalue weighted by Crippen LogP contribution is -2.50. The Hall–Kier alpha value is -3.08. The SMILES string of the molecule is Cc1ccc(C)c(-n2ccnc2SCC(=O)N2CCN(C(C#N)c3ccccc3)CC2)c1. The van der Waals surface area contributed by atoms with Gasteiger partial charge in [0.05, 0.1) is 17.5 Å². The zero-order chi connectivity index (χ0) is 22.5. The normalized spacial score (nSPS) is 15.3. The van der Waals surface area contributed by atoms with Crippen LogP contribution in [0.25, 0.3) is 5.69 Å². The van der Waals surface area contributed by atoms with Gasteiger partial charge in [0.15, 0.2) is 5.16 Å². The minimum absolute atomic E-state index is 0.110. The van der Waals surface area contributed by atoms with Crippen molar-refractivity contribution in [3.63, 3.8) is 0 Å². The smallest absolute Gasteiger partial charge is 0.233 e. The molecule has 0 N–H and O–H groups in total. The first-order valence-electron chi connectivity index (χ1n) is 10.8. The van der Waals surface area contributed by atoms with Gasteiger partial charge < -0.3 is 4.90 Å². The predicted octanol–water partition coefficient (Wildman–Crippen LogP) is 3.99. The third-order valence-corrected chi connectivity index (χ3v) is 6.78. The Morgan fingerprint density at radius 2 is 1.88 bits per heavy atom. The lowest BCUT2D eigenvalue weighted by atomic mass is 10.1. The number of nitriles is 1. The van der Waals surface area contributed by atoms with E-state index in [1.165, 1.54) is 22.9 Å². The number of hydrogen-bond acceptors (Lipinski definition) is 5. The summed E-state index contributed by atoms with van der Waals surface area (Å²) >= 11 is 1.47. The van der Waals surface area contributed by atoms with E-state index in [4.69, 9.17) is 0 Å². The molecule has 1 aromatic heterocycles. The Labute approximate surface area is 193 Å². The van der Waals surface area contributed by atoms with E-state index in [1.807, 2.05) is 41.4 Å². The van der Waals surface area contributed by atoms with Gasteiger partial charge in [-0.1, -0.05) is 54.2 Å². The number of nitrogens with zero attached hydrogens (tertiary/aromatic N) is 5. The fraction of sp³-hybridized carbons (Fsp3) is 0.320. The van der Waals surface area contributed by atoms with Crippen LogP contribution < -0.4 is 0 Å². The highest BCUT2D eigenvalue weighted by Crippen LogP contribution is 2.25. The van der Waals surface area contributed by atoms with Crippen LogP contribution in [0.3, 0.4) is 0 Å². The number of amides is 1. The molecule has 0 aliphatic carbocycles. The Kier molecular flexibility index (Phi) is 6.93. The van der Waals surface area contributed by atoms with Crippen LogP contribution in [0, 0.1) is 25.2 Å². The lowest BCUT2D eigenvalue weighted by Gasteiger charge is -2.37. The summed E-state index contributed by atoms with van der Waals surface area (Å²) in [5.74, 6) is 0.459. The van der Waals surface area contributed by atoms with Gasteiger partial charge in [-0.05, 0) is 36.6 Å². The van der Waals surface area contributed by atoms with Crippen LogP contribution in [0.15, 0.2) is 66.1 Å². The van der Waals surface area contributed by atoms with E-state index >= 15 is 0 Å². The molecule has 164 valence electrons. The number of aromatic nitrogens is 2. The molecule has 1 fully saturated rings. The first kappa shape index (κ1) is 22.1. The van der Waals surface area contributed by atoms with Gasteiger partial charge in [-0.15, -0.1) is 0 Å². The van der Waals surface area contributed by atoms with E-state index in [9.17, 15) is 10.1 Å². The Morgan fingerprint density at radius 3 is 2.59 bits per heavy atom. The summed E-state index contributed by atoms with van der Waals surface area (Å²) in [6, 6.07) is 18.3. The fourth-order valence-electron chi connectivity index (χ4n) is 4.01. The molecule has 0 spiro atoms. The second-order valence-electron chi connectivity index (χ2n) is 8.02. The van der Waals surface area contributed by atoms with E-state index in [0.29, 0.717) is 31.9 Å². The highest BCUT2D eigenvalue weighted by molar-refractivity contribution is 7.99. The summed E-state index contributed by atoms with van der Waals surface area (Å²) in [5, 5.41) is 10.5. The number of rotatable bonds is 6. The van der Waals surface area contributed by atoms with Crippen molar-refractivity contribution in [1.82, 2.24) is 19.4 Å². The van der Waals surface area contributed by atoms with Crippen LogP contribution in [0.5, 0.6) is 0 Å².